The van der Waals surface area contributed by atoms with Crippen LogP contribution in [0.3, 0.4) is 0 Å². The topological polar surface area (TPSA) is 32.6 Å². The highest BCUT2D eigenvalue weighted by molar-refractivity contribution is 6.63. The quantitative estimate of drug-likeness (QED) is 0.415. The van der Waals surface area contributed by atoms with Crippen LogP contribution >= 0.6 is 0 Å². The Morgan fingerprint density at radius 2 is 2.62 bits per heavy atom. The van der Waals surface area contributed by atoms with Crippen molar-refractivity contribution in [2.75, 3.05) is 6.54 Å². The van der Waals surface area contributed by atoms with Crippen molar-refractivity contribution in [2.24, 2.45) is 4.99 Å². The summed E-state index contributed by atoms with van der Waals surface area (Å²) in [4.78, 5) is 3.77. The van der Waals surface area contributed by atoms with Crippen LogP contribution in [0.4, 0.5) is 0 Å². The van der Waals surface area contributed by atoms with Gasteiger partial charge in [0.05, 0.1) is 12.6 Å². The van der Waals surface area contributed by atoms with Crippen molar-refractivity contribution in [3.05, 3.63) is 12.2 Å². The highest BCUT2D eigenvalue weighted by atomic mass is 16.3. The maximum Gasteiger partial charge on any atom is 0.141 e. The average molecular weight is 107 g/mol. The summed E-state index contributed by atoms with van der Waals surface area (Å²) in [7, 11) is 5.25. The molecule has 1 aliphatic rings. The summed E-state index contributed by atoms with van der Waals surface area (Å²) in [6, 6.07) is 0. The first-order valence-electron chi connectivity index (χ1n) is 2.45. The molecule has 0 saturated heterocycles. The Bertz CT molecular complexity index is 141. The van der Waals surface area contributed by atoms with Crippen LogP contribution in [0.25, 0.3) is 0 Å². The van der Waals surface area contributed by atoms with Crippen LogP contribution in [-0.2, 0) is 0 Å². The summed E-state index contributed by atoms with van der Waals surface area (Å²) >= 11 is 0. The number of dihydropyridines is 1. The van der Waals surface area contributed by atoms with Gasteiger partial charge in [-0.25, -0.2) is 0 Å². The number of aliphatic hydroxyl groups is 1. The monoisotopic (exact) mass is 107 g/mol. The molecule has 40 valence electrons. The van der Waals surface area contributed by atoms with Gasteiger partial charge in [-0.3, -0.25) is 4.99 Å². The van der Waals surface area contributed by atoms with Gasteiger partial charge < -0.3 is 5.11 Å². The summed E-state index contributed by atoms with van der Waals surface area (Å²) in [5.41, 5.74) is 0.496. The second-order valence-electron chi connectivity index (χ2n) is 1.69. The van der Waals surface area contributed by atoms with Gasteiger partial charge in [0.1, 0.15) is 7.85 Å². The normalized spacial score (nSPS) is 27.6. The van der Waals surface area contributed by atoms with Crippen molar-refractivity contribution in [1.29, 1.82) is 0 Å². The van der Waals surface area contributed by atoms with Crippen LogP contribution in [0.2, 0.25) is 0 Å². The Hall–Kier alpha value is -0.565. The minimum absolute atomic E-state index is 0.405. The lowest BCUT2D eigenvalue weighted by Crippen LogP contribution is -2.13. The molecule has 0 aliphatic carbocycles. The lowest BCUT2D eigenvalue weighted by atomic mass is 9.98. The molecule has 1 rings (SSSR count). The van der Waals surface area contributed by atoms with Gasteiger partial charge in [0.2, 0.25) is 0 Å². The molecule has 1 atom stereocenters. The van der Waals surface area contributed by atoms with Gasteiger partial charge in [0, 0.05) is 0 Å². The summed E-state index contributed by atoms with van der Waals surface area (Å²) < 4.78 is 0. The van der Waals surface area contributed by atoms with Gasteiger partial charge in [0.25, 0.3) is 0 Å². The minimum Gasteiger partial charge on any atom is -0.387 e. The highest BCUT2D eigenvalue weighted by Crippen LogP contribution is 1.94. The molecule has 0 aromatic carbocycles. The molecule has 1 unspecified atom stereocenters. The molecule has 0 bridgehead atoms. The van der Waals surface area contributed by atoms with Crippen molar-refractivity contribution in [3.8, 4) is 0 Å². The molecule has 1 aliphatic heterocycles. The number of nitrogens with zero attached hydrogens (tertiary/aromatic N) is 1. The molecule has 3 heteroatoms. The minimum atomic E-state index is -0.428. The Balaban J connectivity index is 2.58. The van der Waals surface area contributed by atoms with E-state index >= 15 is 0 Å². The van der Waals surface area contributed by atoms with Crippen molar-refractivity contribution in [3.63, 3.8) is 0 Å². The molecule has 1 heterocycles. The molecule has 2 radical (unpaired) electrons. The van der Waals surface area contributed by atoms with Crippen molar-refractivity contribution in [1.82, 2.24) is 0 Å². The maximum atomic E-state index is 8.78. The molecule has 2 nitrogen and oxygen atoms in total. The number of hydrogen-bond donors (Lipinski definition) is 1. The smallest absolute Gasteiger partial charge is 0.141 e. The molecular formula is C5H6BNO. The van der Waals surface area contributed by atoms with E-state index in [1.807, 2.05) is 0 Å². The number of rotatable bonds is 0. The SMILES string of the molecule is [B]C1=NCC(O)C=C1. The summed E-state index contributed by atoms with van der Waals surface area (Å²) in [6.07, 6.45) is 2.80. The van der Waals surface area contributed by atoms with Crippen LogP contribution in [0.1, 0.15) is 0 Å². The number of aliphatic hydroxyl groups excluding tert-OH is 1. The molecule has 0 amide bonds. The fourth-order valence-corrected chi connectivity index (χ4v) is 0.522. The lowest BCUT2D eigenvalue weighted by Gasteiger charge is -2.06. The molecule has 1 N–H and O–H groups in total. The fourth-order valence-electron chi connectivity index (χ4n) is 0.522. The van der Waals surface area contributed by atoms with E-state index in [4.69, 9.17) is 13.0 Å². The first-order chi connectivity index (χ1) is 3.79. The van der Waals surface area contributed by atoms with Crippen molar-refractivity contribution < 1.29 is 5.11 Å². The zero-order valence-electron chi connectivity index (χ0n) is 4.41. The van der Waals surface area contributed by atoms with E-state index in [0.717, 1.165) is 0 Å². The lowest BCUT2D eigenvalue weighted by molar-refractivity contribution is 0.231. The van der Waals surface area contributed by atoms with Crippen LogP contribution in [0, 0.1) is 0 Å². The average Bonchev–Trinajstić information content (AvgIpc) is 1.77. The number of allylic oxidation sites excluding steroid dienone is 1. The molecule has 0 saturated carbocycles. The van der Waals surface area contributed by atoms with E-state index in [1.54, 1.807) is 12.2 Å². The summed E-state index contributed by atoms with van der Waals surface area (Å²) in [5, 5.41) is 8.78. The van der Waals surface area contributed by atoms with Crippen LogP contribution in [-0.4, -0.2) is 31.2 Å². The van der Waals surface area contributed by atoms with E-state index in [9.17, 15) is 0 Å². The maximum absolute atomic E-state index is 8.78. The predicted molar refractivity (Wildman–Crippen MR) is 33.2 cm³/mol. The summed E-state index contributed by atoms with van der Waals surface area (Å²) in [6.45, 7) is 0.405. The number of hydrogen-bond acceptors (Lipinski definition) is 2. The van der Waals surface area contributed by atoms with Crippen molar-refractivity contribution >= 4 is 13.5 Å². The Morgan fingerprint density at radius 3 is 3.00 bits per heavy atom. The molecule has 0 aromatic heterocycles. The molecule has 8 heavy (non-hydrogen) atoms. The molecule has 0 fully saturated rings. The van der Waals surface area contributed by atoms with Crippen LogP contribution in [0.5, 0.6) is 0 Å². The third-order valence-electron chi connectivity index (χ3n) is 0.950. The predicted octanol–water partition coefficient (Wildman–Crippen LogP) is -0.516. The third-order valence-corrected chi connectivity index (χ3v) is 0.950. The van der Waals surface area contributed by atoms with Crippen LogP contribution < -0.4 is 0 Å². The van der Waals surface area contributed by atoms with E-state index < -0.39 is 6.10 Å². The molecule has 0 spiro atoms. The Morgan fingerprint density at radius 1 is 1.88 bits per heavy atom. The summed E-state index contributed by atoms with van der Waals surface area (Å²) in [5.74, 6) is 0. The van der Waals surface area contributed by atoms with E-state index in [2.05, 4.69) is 4.99 Å². The third kappa shape index (κ3) is 1.20. The van der Waals surface area contributed by atoms with Gasteiger partial charge >= 0.3 is 0 Å². The first kappa shape index (κ1) is 5.57. The van der Waals surface area contributed by atoms with E-state index in [1.165, 1.54) is 0 Å². The van der Waals surface area contributed by atoms with Gasteiger partial charge in [-0.2, -0.15) is 0 Å². The van der Waals surface area contributed by atoms with E-state index in [-0.39, 0.29) is 0 Å². The van der Waals surface area contributed by atoms with E-state index in [0.29, 0.717) is 12.2 Å². The highest BCUT2D eigenvalue weighted by Gasteiger charge is 2.00. The van der Waals surface area contributed by atoms with Gasteiger partial charge in [-0.1, -0.05) is 12.2 Å². The van der Waals surface area contributed by atoms with Crippen LogP contribution in [0.15, 0.2) is 17.1 Å². The Kier molecular flexibility index (Phi) is 1.49. The number of aliphatic imine (C=N–C) groups is 1. The first-order valence-corrected chi connectivity index (χ1v) is 2.45. The zero-order chi connectivity index (χ0) is 5.98. The Labute approximate surface area is 49.3 Å². The zero-order valence-corrected chi connectivity index (χ0v) is 4.41. The van der Waals surface area contributed by atoms with Gasteiger partial charge in [-0.15, -0.1) is 0 Å². The van der Waals surface area contributed by atoms with Gasteiger partial charge in [0.15, 0.2) is 0 Å². The molecule has 0 aromatic rings. The largest absolute Gasteiger partial charge is 0.387 e. The fraction of sp³-hybridized carbons (Fsp3) is 0.400. The molecular weight excluding hydrogens is 101 g/mol. The second kappa shape index (κ2) is 2.14. The second-order valence-corrected chi connectivity index (χ2v) is 1.69. The van der Waals surface area contributed by atoms with Gasteiger partial charge in [-0.05, 0) is 5.61 Å². The van der Waals surface area contributed by atoms with Crippen molar-refractivity contribution in [2.45, 2.75) is 6.10 Å². The standard InChI is InChI=1S/C5H6BNO/c6-5-2-1-4(8)3-7-5/h1-2,4,8H,3H2.